The lowest BCUT2D eigenvalue weighted by Crippen LogP contribution is -2.37. The molecule has 10 aromatic heterocycles. The third-order valence-electron chi connectivity index (χ3n) is 18.6. The van der Waals surface area contributed by atoms with Crippen LogP contribution in [0.15, 0.2) is 135 Å². The number of rotatable bonds is 8. The zero-order valence-electron chi connectivity index (χ0n) is 53.1. The number of amides is 2. The molecule has 3 fully saturated rings. The Bertz CT molecular complexity index is 4560. The Morgan fingerprint density at radius 1 is 0.387 bits per heavy atom. The van der Waals surface area contributed by atoms with Gasteiger partial charge in [0, 0.05) is 214 Å². The number of fused-ring (bicyclic) bond motifs is 5. The maximum absolute atomic E-state index is 11.5. The van der Waals surface area contributed by atoms with Crippen molar-refractivity contribution in [2.75, 3.05) is 84.2 Å². The first kappa shape index (κ1) is 66.1. The van der Waals surface area contributed by atoms with Gasteiger partial charge in [0.15, 0.2) is 0 Å². The zero-order chi connectivity index (χ0) is 65.4. The lowest BCUT2D eigenvalue weighted by molar-refractivity contribution is -0.130. The van der Waals surface area contributed by atoms with E-state index in [1.165, 1.54) is 67.2 Å². The van der Waals surface area contributed by atoms with Gasteiger partial charge < -0.3 is 34.7 Å². The van der Waals surface area contributed by atoms with Crippen LogP contribution in [0.2, 0.25) is 0 Å². The van der Waals surface area contributed by atoms with Crippen LogP contribution >= 0.6 is 0 Å². The summed E-state index contributed by atoms with van der Waals surface area (Å²) in [7, 11) is -9.18. The molecule has 26 heteroatoms. The average molecular weight is 1320 g/mol. The van der Waals surface area contributed by atoms with Crippen molar-refractivity contribution >= 4 is 108 Å². The Morgan fingerprint density at radius 3 is 1.20 bits per heavy atom. The molecule has 0 spiro atoms. The Kier molecular flexibility index (Phi) is 20.5. The number of hydrogen-bond donors (Lipinski definition) is 5. The smallest absolute Gasteiger partial charge is 0.219 e. The number of sulfonamides is 3. The van der Waals surface area contributed by atoms with Crippen molar-refractivity contribution in [2.45, 2.75) is 83.0 Å². The summed E-state index contributed by atoms with van der Waals surface area (Å²) in [5.41, 5.74) is 14.1. The highest BCUT2D eigenvalue weighted by Gasteiger charge is 2.30. The van der Waals surface area contributed by atoms with Crippen LogP contribution in [0.1, 0.15) is 111 Å². The molecule has 0 atom stereocenters. The number of nitrogens with zero attached hydrogens (tertiary/aromatic N) is 10. The van der Waals surface area contributed by atoms with E-state index in [4.69, 9.17) is 0 Å². The molecule has 5 aliphatic rings. The van der Waals surface area contributed by atoms with E-state index in [2.05, 4.69) is 62.1 Å². The van der Waals surface area contributed by atoms with Crippen LogP contribution in [0, 0.1) is 0 Å². The van der Waals surface area contributed by atoms with Gasteiger partial charge in [0.2, 0.25) is 41.9 Å². The Hall–Kier alpha value is -8.40. The topological polar surface area (TPSA) is 296 Å². The van der Waals surface area contributed by atoms with Crippen molar-refractivity contribution in [3.63, 3.8) is 0 Å². The summed E-state index contributed by atoms with van der Waals surface area (Å²) in [5, 5.41) is 5.86. The molecule has 0 aliphatic carbocycles. The van der Waals surface area contributed by atoms with E-state index in [1.54, 1.807) is 59.6 Å². The predicted molar refractivity (Wildman–Crippen MR) is 365 cm³/mol. The molecule has 0 radical (unpaired) electrons. The largest absolute Gasteiger partial charge is 0.361 e. The SMILES string of the molecule is CC(=O)N1CC=C(c2c[nH]c3ccncc23)CC1.CC(=O)N1CCC(c2c[nH]c3ccncc23)CC1.CS(=O)(=O)N1CC=C(c2c[nH]c3cnccc23)CC1.CS(=O)(=O)N1CCC(c2c[nH]c3ccncc23)CC1.CS(=O)(=O)N1CCC(c2c[nH]c3cnccc23)CC1. The number of pyridine rings is 5. The van der Waals surface area contributed by atoms with Crippen molar-refractivity contribution in [2.24, 2.45) is 0 Å². The number of hydrogen-bond acceptors (Lipinski definition) is 13. The van der Waals surface area contributed by atoms with Crippen LogP contribution in [-0.4, -0.2) is 194 Å². The molecular weight excluding hydrogens is 1240 g/mol. The molecule has 5 aliphatic heterocycles. The number of aromatic amines is 5. The number of aromatic nitrogens is 10. The summed E-state index contributed by atoms with van der Waals surface area (Å²) in [6.45, 7) is 9.94. The number of likely N-dealkylation sites (tertiary alicyclic amines) is 1. The second-order valence-corrected chi connectivity index (χ2v) is 30.4. The standard InChI is InChI=1S/C14H17N3O.C14H15N3O.2C13H17N3O2S.C13H15N3O2S/c2*1-10(18)17-6-3-11(4-7-17)12-9-16-14-2-5-15-8-13(12)14;1-19(17,18)16-6-3-10(4-7-16)11-9-15-13-2-5-14-8-12(11)13;2*1-19(17,18)16-6-3-10(4-7-16)12-8-15-13-9-14-5-2-11(12)13/h2,5,8-9,11,16H,3-4,6-7H2,1H3;2-3,5,8-9,16H,4,6-7H2,1H3;2*2,5,8-10,15H,3-4,6-7H2,1H3;2-3,5,8-9,15H,4,6-7H2,1H3. The molecule has 0 aromatic carbocycles. The number of carbonyl (C=O) groups is 2. The van der Waals surface area contributed by atoms with Gasteiger partial charge in [-0.2, -0.15) is 4.31 Å². The molecule has 23 nitrogen and oxygen atoms in total. The van der Waals surface area contributed by atoms with Gasteiger partial charge in [-0.1, -0.05) is 12.2 Å². The van der Waals surface area contributed by atoms with Crippen LogP contribution in [-0.2, 0) is 39.7 Å². The van der Waals surface area contributed by atoms with Crippen molar-refractivity contribution in [1.29, 1.82) is 0 Å². The zero-order valence-corrected chi connectivity index (χ0v) is 55.6. The Labute approximate surface area is 542 Å². The minimum absolute atomic E-state index is 0.144. The van der Waals surface area contributed by atoms with Crippen LogP contribution in [0.4, 0.5) is 0 Å². The molecule has 93 heavy (non-hydrogen) atoms. The summed E-state index contributed by atoms with van der Waals surface area (Å²) >= 11 is 0. The van der Waals surface area contributed by atoms with Gasteiger partial charge in [-0.15, -0.1) is 0 Å². The first-order chi connectivity index (χ1) is 44.7. The lowest BCUT2D eigenvalue weighted by atomic mass is 9.89. The van der Waals surface area contributed by atoms with E-state index < -0.39 is 30.1 Å². The fourth-order valence-electron chi connectivity index (χ4n) is 13.3. The molecule has 5 N–H and O–H groups in total. The normalized spacial score (nSPS) is 17.8. The molecule has 490 valence electrons. The van der Waals surface area contributed by atoms with Gasteiger partial charge in [0.05, 0.1) is 42.2 Å². The number of piperidine rings is 3. The first-order valence-corrected chi connectivity index (χ1v) is 37.0. The molecule has 0 bridgehead atoms. The van der Waals surface area contributed by atoms with E-state index in [0.717, 1.165) is 120 Å². The summed E-state index contributed by atoms with van der Waals surface area (Å²) < 4.78 is 73.6. The molecule has 0 saturated carbocycles. The van der Waals surface area contributed by atoms with Crippen LogP contribution < -0.4 is 0 Å². The van der Waals surface area contributed by atoms with E-state index in [9.17, 15) is 34.8 Å². The van der Waals surface area contributed by atoms with Gasteiger partial charge >= 0.3 is 0 Å². The van der Waals surface area contributed by atoms with Crippen molar-refractivity contribution in [3.8, 4) is 0 Å². The molecule has 15 rings (SSSR count). The fraction of sp³-hybridized carbons (Fsp3) is 0.388. The monoisotopic (exact) mass is 1320 g/mol. The van der Waals surface area contributed by atoms with Crippen molar-refractivity contribution in [3.05, 3.63) is 163 Å². The second-order valence-electron chi connectivity index (χ2n) is 24.4. The highest BCUT2D eigenvalue weighted by molar-refractivity contribution is 7.88. The van der Waals surface area contributed by atoms with E-state index in [-0.39, 0.29) is 11.8 Å². The van der Waals surface area contributed by atoms with Crippen LogP contribution in [0.3, 0.4) is 0 Å². The lowest BCUT2D eigenvalue weighted by Gasteiger charge is -2.31. The van der Waals surface area contributed by atoms with Gasteiger partial charge in [0.25, 0.3) is 0 Å². The number of carbonyl (C=O) groups excluding carboxylic acids is 2. The molecule has 0 unspecified atom stereocenters. The second kappa shape index (κ2) is 28.9. The van der Waals surface area contributed by atoms with Crippen molar-refractivity contribution in [1.82, 2.24) is 72.6 Å². The van der Waals surface area contributed by atoms with Gasteiger partial charge in [-0.3, -0.25) is 34.5 Å². The maximum Gasteiger partial charge on any atom is 0.219 e. The molecular formula is C67H81N15O8S3. The third kappa shape index (κ3) is 15.8. The van der Waals surface area contributed by atoms with E-state index in [0.29, 0.717) is 63.6 Å². The number of H-pyrrole nitrogens is 5. The minimum atomic E-state index is -3.09. The molecule has 3 saturated heterocycles. The quantitative estimate of drug-likeness (QED) is 0.0948. The summed E-state index contributed by atoms with van der Waals surface area (Å²) in [4.78, 5) is 63.3. The maximum atomic E-state index is 11.5. The molecule has 2 amide bonds. The molecule has 15 heterocycles. The van der Waals surface area contributed by atoms with Crippen molar-refractivity contribution < 1.29 is 34.8 Å². The number of nitrogens with one attached hydrogen (secondary N) is 5. The third-order valence-corrected chi connectivity index (χ3v) is 22.5. The van der Waals surface area contributed by atoms with E-state index in [1.807, 2.05) is 95.8 Å². The van der Waals surface area contributed by atoms with Gasteiger partial charge in [0.1, 0.15) is 0 Å². The van der Waals surface area contributed by atoms with Crippen LogP contribution in [0.25, 0.3) is 65.7 Å². The summed E-state index contributed by atoms with van der Waals surface area (Å²) in [6, 6.07) is 9.94. The highest BCUT2D eigenvalue weighted by Crippen LogP contribution is 2.37. The highest BCUT2D eigenvalue weighted by atomic mass is 32.2. The summed E-state index contributed by atoms with van der Waals surface area (Å²) in [6.07, 6.45) is 43.6. The Balaban J connectivity index is 0.000000119. The Morgan fingerprint density at radius 2 is 0.753 bits per heavy atom. The molecule has 10 aromatic rings. The van der Waals surface area contributed by atoms with Crippen LogP contribution in [0.5, 0.6) is 0 Å². The average Bonchev–Trinajstić information content (AvgIpc) is 2.06. The summed E-state index contributed by atoms with van der Waals surface area (Å²) in [5.74, 6) is 1.71. The van der Waals surface area contributed by atoms with Gasteiger partial charge in [-0.05, 0) is 127 Å². The fourth-order valence-corrected chi connectivity index (χ4v) is 15.9. The first-order valence-electron chi connectivity index (χ1n) is 31.5. The minimum Gasteiger partial charge on any atom is -0.361 e. The van der Waals surface area contributed by atoms with E-state index >= 15 is 0 Å². The van der Waals surface area contributed by atoms with Gasteiger partial charge in [-0.25, -0.2) is 33.9 Å². The predicted octanol–water partition coefficient (Wildman–Crippen LogP) is 9.50.